The van der Waals surface area contributed by atoms with Gasteiger partial charge in [0.25, 0.3) is 0 Å². The number of carbonyl (C=O) groups is 1. The lowest BCUT2D eigenvalue weighted by Gasteiger charge is -2.12. The van der Waals surface area contributed by atoms with Gasteiger partial charge in [-0.25, -0.2) is 19.9 Å². The Balaban J connectivity index is 2.13. The number of fused-ring (bicyclic) bond motifs is 1. The number of hydrogen-bond acceptors (Lipinski definition) is 6. The van der Waals surface area contributed by atoms with Gasteiger partial charge in [-0.2, -0.15) is 0 Å². The van der Waals surface area contributed by atoms with Crippen molar-refractivity contribution in [2.45, 2.75) is 0 Å². The number of aromatic amines is 1. The number of urea groups is 1. The first-order valence-corrected chi connectivity index (χ1v) is 7.37. The standard InChI is InChI=1S/C14H9ClN6O5/c15-9-6-8(21(25)26)10-11(17-9)18-12(22)13(23)20(10)19-14(24)16-7-4-2-1-3-5-7/h1-6H,(H2,16,19,24)(H,17,18,22). The molecule has 0 bridgehead atoms. The second-order valence-corrected chi connectivity index (χ2v) is 5.33. The zero-order valence-electron chi connectivity index (χ0n) is 12.7. The van der Waals surface area contributed by atoms with Gasteiger partial charge >= 0.3 is 22.8 Å². The molecular formula is C14H9ClN6O5. The summed E-state index contributed by atoms with van der Waals surface area (Å²) in [5, 5.41) is 13.4. The fourth-order valence-corrected chi connectivity index (χ4v) is 2.38. The van der Waals surface area contributed by atoms with Gasteiger partial charge in [-0.05, 0) is 12.1 Å². The van der Waals surface area contributed by atoms with Gasteiger partial charge in [0, 0.05) is 5.69 Å². The average molecular weight is 377 g/mol. The Morgan fingerprint density at radius 3 is 2.62 bits per heavy atom. The molecule has 0 aliphatic rings. The summed E-state index contributed by atoms with van der Waals surface area (Å²) in [7, 11) is 0. The molecule has 0 saturated carbocycles. The number of amides is 2. The molecular weight excluding hydrogens is 368 g/mol. The number of halogens is 1. The van der Waals surface area contributed by atoms with Crippen LogP contribution in [0.2, 0.25) is 5.15 Å². The fourth-order valence-electron chi connectivity index (χ4n) is 2.19. The van der Waals surface area contributed by atoms with Crippen molar-refractivity contribution in [3.8, 4) is 0 Å². The van der Waals surface area contributed by atoms with Gasteiger partial charge < -0.3 is 10.3 Å². The van der Waals surface area contributed by atoms with Crippen LogP contribution in [0.15, 0.2) is 46.0 Å². The van der Waals surface area contributed by atoms with Crippen LogP contribution in [-0.4, -0.2) is 25.6 Å². The molecule has 2 heterocycles. The molecule has 0 atom stereocenters. The van der Waals surface area contributed by atoms with E-state index in [-0.39, 0.29) is 10.8 Å². The minimum atomic E-state index is -1.23. The predicted molar refractivity (Wildman–Crippen MR) is 93.1 cm³/mol. The second-order valence-electron chi connectivity index (χ2n) is 4.95. The Bertz CT molecular complexity index is 1140. The first kappa shape index (κ1) is 17.1. The number of benzene rings is 1. The van der Waals surface area contributed by atoms with E-state index in [0.717, 1.165) is 6.07 Å². The summed E-state index contributed by atoms with van der Waals surface area (Å²) in [6.45, 7) is 0. The highest BCUT2D eigenvalue weighted by atomic mass is 35.5. The smallest absolute Gasteiger partial charge is 0.307 e. The monoisotopic (exact) mass is 376 g/mol. The second kappa shape index (κ2) is 6.64. The third-order valence-corrected chi connectivity index (χ3v) is 3.43. The van der Waals surface area contributed by atoms with Crippen LogP contribution in [0.4, 0.5) is 16.2 Å². The molecule has 0 fully saturated rings. The molecule has 0 spiro atoms. The highest BCUT2D eigenvalue weighted by molar-refractivity contribution is 6.30. The van der Waals surface area contributed by atoms with Crippen LogP contribution in [0.25, 0.3) is 11.2 Å². The lowest BCUT2D eigenvalue weighted by atomic mass is 10.3. The molecule has 2 aromatic heterocycles. The number of pyridine rings is 1. The van der Waals surface area contributed by atoms with E-state index < -0.39 is 33.3 Å². The molecule has 3 N–H and O–H groups in total. The van der Waals surface area contributed by atoms with E-state index in [4.69, 9.17) is 11.6 Å². The van der Waals surface area contributed by atoms with Crippen LogP contribution in [0.3, 0.4) is 0 Å². The van der Waals surface area contributed by atoms with Crippen molar-refractivity contribution in [2.24, 2.45) is 0 Å². The van der Waals surface area contributed by atoms with Gasteiger partial charge in [-0.15, -0.1) is 0 Å². The number of aromatic nitrogens is 3. The Hall–Kier alpha value is -3.73. The van der Waals surface area contributed by atoms with Crippen molar-refractivity contribution < 1.29 is 9.72 Å². The van der Waals surface area contributed by atoms with E-state index >= 15 is 0 Å². The number of nitrogens with zero attached hydrogens (tertiary/aromatic N) is 3. The summed E-state index contributed by atoms with van der Waals surface area (Å²) in [5.74, 6) is 0. The minimum absolute atomic E-state index is 0.265. The summed E-state index contributed by atoms with van der Waals surface area (Å²) in [5.41, 5.74) is -1.21. The first-order chi connectivity index (χ1) is 12.4. The maximum Gasteiger partial charge on any atom is 0.338 e. The van der Waals surface area contributed by atoms with E-state index in [1.165, 1.54) is 0 Å². The number of rotatable bonds is 3. The topological polar surface area (TPSA) is 152 Å². The Labute approximate surface area is 148 Å². The van der Waals surface area contributed by atoms with Crippen LogP contribution in [0, 0.1) is 10.1 Å². The summed E-state index contributed by atoms with van der Waals surface area (Å²) >= 11 is 5.70. The molecule has 0 aliphatic heterocycles. The van der Waals surface area contributed by atoms with E-state index in [2.05, 4.69) is 20.7 Å². The Kier molecular flexibility index (Phi) is 4.37. The molecule has 0 aliphatic carbocycles. The molecule has 132 valence electrons. The first-order valence-electron chi connectivity index (χ1n) is 7.00. The van der Waals surface area contributed by atoms with Crippen molar-refractivity contribution in [1.29, 1.82) is 0 Å². The molecule has 0 saturated heterocycles. The van der Waals surface area contributed by atoms with Crippen molar-refractivity contribution in [1.82, 2.24) is 14.6 Å². The van der Waals surface area contributed by atoms with E-state index in [9.17, 15) is 24.5 Å². The number of nitrogens with one attached hydrogen (secondary N) is 3. The summed E-state index contributed by atoms with van der Waals surface area (Å²) in [4.78, 5) is 52.3. The van der Waals surface area contributed by atoms with Crippen LogP contribution < -0.4 is 21.9 Å². The number of hydrogen-bond donors (Lipinski definition) is 3. The van der Waals surface area contributed by atoms with E-state index in [1.54, 1.807) is 30.3 Å². The van der Waals surface area contributed by atoms with Gasteiger partial charge in [0.05, 0.1) is 11.0 Å². The number of anilines is 1. The third-order valence-electron chi connectivity index (χ3n) is 3.24. The van der Waals surface area contributed by atoms with Crippen molar-refractivity contribution in [3.63, 3.8) is 0 Å². The Morgan fingerprint density at radius 1 is 1.27 bits per heavy atom. The quantitative estimate of drug-likeness (QED) is 0.272. The third kappa shape index (κ3) is 3.23. The normalized spacial score (nSPS) is 10.5. The van der Waals surface area contributed by atoms with Crippen LogP contribution >= 0.6 is 11.6 Å². The molecule has 0 radical (unpaired) electrons. The number of carbonyl (C=O) groups excluding carboxylic acids is 1. The van der Waals surface area contributed by atoms with Crippen molar-refractivity contribution >= 4 is 40.2 Å². The molecule has 3 aromatic rings. The predicted octanol–water partition coefficient (Wildman–Crippen LogP) is 1.42. The lowest BCUT2D eigenvalue weighted by Crippen LogP contribution is -2.44. The highest BCUT2D eigenvalue weighted by Gasteiger charge is 2.22. The van der Waals surface area contributed by atoms with Gasteiger partial charge in [-0.1, -0.05) is 29.8 Å². The fraction of sp³-hybridized carbons (Fsp3) is 0. The van der Waals surface area contributed by atoms with E-state index in [0.29, 0.717) is 10.4 Å². The maximum absolute atomic E-state index is 12.1. The number of nitro groups is 1. The number of para-hydroxylation sites is 1. The van der Waals surface area contributed by atoms with Crippen LogP contribution in [0.5, 0.6) is 0 Å². The lowest BCUT2D eigenvalue weighted by molar-refractivity contribution is -0.383. The zero-order chi connectivity index (χ0) is 18.8. The summed E-state index contributed by atoms with van der Waals surface area (Å²) < 4.78 is 0.452. The van der Waals surface area contributed by atoms with Crippen molar-refractivity contribution in [2.75, 3.05) is 10.7 Å². The molecule has 1 aromatic carbocycles. The average Bonchev–Trinajstić information content (AvgIpc) is 2.59. The van der Waals surface area contributed by atoms with Gasteiger partial charge in [-0.3, -0.25) is 19.7 Å². The van der Waals surface area contributed by atoms with Gasteiger partial charge in [0.2, 0.25) is 0 Å². The highest BCUT2D eigenvalue weighted by Crippen LogP contribution is 2.24. The molecule has 26 heavy (non-hydrogen) atoms. The minimum Gasteiger partial charge on any atom is -0.307 e. The van der Waals surface area contributed by atoms with Crippen LogP contribution in [-0.2, 0) is 0 Å². The van der Waals surface area contributed by atoms with Gasteiger partial charge in [0.15, 0.2) is 11.2 Å². The van der Waals surface area contributed by atoms with Crippen LogP contribution in [0.1, 0.15) is 0 Å². The number of H-pyrrole nitrogens is 1. The SMILES string of the molecule is O=C(Nc1ccccc1)Nn1c(=O)c(=O)[nH]c2nc(Cl)cc([N+](=O)[O-])c21. The largest absolute Gasteiger partial charge is 0.338 e. The summed E-state index contributed by atoms with van der Waals surface area (Å²) in [6.07, 6.45) is 0. The molecule has 3 rings (SSSR count). The molecule has 11 nitrogen and oxygen atoms in total. The molecule has 12 heteroatoms. The van der Waals surface area contributed by atoms with Gasteiger partial charge in [0.1, 0.15) is 5.15 Å². The van der Waals surface area contributed by atoms with Crippen molar-refractivity contribution in [3.05, 3.63) is 72.4 Å². The van der Waals surface area contributed by atoms with E-state index in [1.807, 2.05) is 0 Å². The zero-order valence-corrected chi connectivity index (χ0v) is 13.5. The maximum atomic E-state index is 12.1. The molecule has 0 unspecified atom stereocenters. The molecule has 2 amide bonds. The summed E-state index contributed by atoms with van der Waals surface area (Å²) in [6, 6.07) is 8.24. The Morgan fingerprint density at radius 2 is 1.96 bits per heavy atom.